The predicted molar refractivity (Wildman–Crippen MR) is 154 cm³/mol. The van der Waals surface area contributed by atoms with Crippen molar-refractivity contribution in [2.24, 2.45) is 50.7 Å². The minimum atomic E-state index is -0.494. The first kappa shape index (κ1) is 29.0. The lowest BCUT2D eigenvalue weighted by Gasteiger charge is -2.65. The number of Topliss-reactive ketones (excluding diaryl/α,β-unsaturated/α-hetero) is 2. The van der Waals surface area contributed by atoms with Crippen LogP contribution in [0.4, 0.5) is 0 Å². The summed E-state index contributed by atoms with van der Waals surface area (Å²) in [5.74, 6) is 0.574. The Hall–Kier alpha value is -2.55. The quantitative estimate of drug-likeness (QED) is 0.398. The summed E-state index contributed by atoms with van der Waals surface area (Å²) in [6, 6.07) is 2.17. The molecule has 6 heteroatoms. The molecule has 0 bridgehead atoms. The number of hydrogen-bond donors (Lipinski definition) is 0. The molecule has 8 atom stereocenters. The van der Waals surface area contributed by atoms with E-state index in [9.17, 15) is 19.6 Å². The zero-order chi connectivity index (χ0) is 29.3. The maximum atomic E-state index is 14.2. The second kappa shape index (κ2) is 9.50. The van der Waals surface area contributed by atoms with Crippen LogP contribution in [0.5, 0.6) is 0 Å². The highest BCUT2D eigenvalue weighted by Gasteiger charge is 2.64. The molecule has 0 aliphatic heterocycles. The number of nitrogens with zero attached hydrogens (tertiary/aromatic N) is 3. The largest absolute Gasteiger partial charge is 0.300 e. The molecule has 6 nitrogen and oxygen atoms in total. The number of fused-ring (bicyclic) bond motifs is 3. The van der Waals surface area contributed by atoms with E-state index in [2.05, 4.69) is 52.6 Å². The first-order valence-corrected chi connectivity index (χ1v) is 15.3. The molecular weight excluding hydrogens is 498 g/mol. The number of nitriles is 1. The van der Waals surface area contributed by atoms with Crippen molar-refractivity contribution in [2.45, 2.75) is 106 Å². The van der Waals surface area contributed by atoms with Gasteiger partial charge >= 0.3 is 0 Å². The average Bonchev–Trinajstić information content (AvgIpc) is 3.42. The minimum absolute atomic E-state index is 0.0485. The van der Waals surface area contributed by atoms with Gasteiger partial charge in [0.25, 0.3) is 0 Å². The molecule has 5 rings (SSSR count). The number of allylic oxidation sites excluding steroid dienone is 2. The summed E-state index contributed by atoms with van der Waals surface area (Å²) in [6.45, 7) is 15.7. The normalized spacial score (nSPS) is 42.8. The Labute approximate surface area is 240 Å². The van der Waals surface area contributed by atoms with Crippen LogP contribution in [0.1, 0.15) is 111 Å². The molecule has 3 saturated carbocycles. The molecule has 0 saturated heterocycles. The van der Waals surface area contributed by atoms with Crippen molar-refractivity contribution < 1.29 is 14.4 Å². The third-order valence-electron chi connectivity index (χ3n) is 12.9. The lowest BCUT2D eigenvalue weighted by atomic mass is 9.38. The van der Waals surface area contributed by atoms with Crippen molar-refractivity contribution in [1.29, 1.82) is 5.26 Å². The Morgan fingerprint density at radius 3 is 2.45 bits per heavy atom. The molecule has 0 radical (unpaired) electrons. The summed E-state index contributed by atoms with van der Waals surface area (Å²) < 4.78 is 1.68. The number of carbonyl (C=O) groups excluding carboxylic acids is 3. The van der Waals surface area contributed by atoms with Gasteiger partial charge in [-0.25, -0.2) is 4.98 Å². The van der Waals surface area contributed by atoms with Gasteiger partial charge in [-0.2, -0.15) is 5.26 Å². The van der Waals surface area contributed by atoms with Crippen LogP contribution in [0.3, 0.4) is 0 Å². The summed E-state index contributed by atoms with van der Waals surface area (Å²) in [5.41, 5.74) is -0.825. The highest BCUT2D eigenvalue weighted by molar-refractivity contribution is 6.01. The summed E-state index contributed by atoms with van der Waals surface area (Å²) >= 11 is 0. The fraction of sp³-hybridized carbons (Fsp3) is 0.735. The standard InChI is InChI=1S/C34H47N3O3/c1-22-17-30(3,4)10-12-34(22,29(40)37-15-14-36-21-37)13-11-31(5)19-25(38)16-27-32(6)18-24(20-35)28(39)23(2)26(32)8-9-33(27,31)7/h14-15,18,21-23,26-27H,8-13,16-17,19H2,1-7H3/t22?,23-,26-,27+,31+,32-,33+,34-/m0/s1. The van der Waals surface area contributed by atoms with Crippen molar-refractivity contribution in [3.63, 3.8) is 0 Å². The van der Waals surface area contributed by atoms with Crippen LogP contribution >= 0.6 is 0 Å². The number of carbonyl (C=O) groups is 3. The molecule has 1 heterocycles. The first-order chi connectivity index (χ1) is 18.6. The zero-order valence-corrected chi connectivity index (χ0v) is 25.5. The molecule has 4 aliphatic rings. The van der Waals surface area contributed by atoms with E-state index < -0.39 is 5.41 Å². The monoisotopic (exact) mass is 545 g/mol. The number of rotatable bonds is 4. The first-order valence-electron chi connectivity index (χ1n) is 15.3. The molecule has 40 heavy (non-hydrogen) atoms. The van der Waals surface area contributed by atoms with Crippen LogP contribution in [-0.4, -0.2) is 27.0 Å². The van der Waals surface area contributed by atoms with Crippen LogP contribution in [0, 0.1) is 62.1 Å². The van der Waals surface area contributed by atoms with E-state index in [-0.39, 0.29) is 68.4 Å². The molecule has 1 aromatic rings. The van der Waals surface area contributed by atoms with E-state index in [0.717, 1.165) is 44.9 Å². The Morgan fingerprint density at radius 2 is 1.82 bits per heavy atom. The van der Waals surface area contributed by atoms with E-state index in [1.165, 1.54) is 0 Å². The van der Waals surface area contributed by atoms with Gasteiger partial charge in [0.15, 0.2) is 5.78 Å². The zero-order valence-electron chi connectivity index (χ0n) is 25.5. The van der Waals surface area contributed by atoms with Crippen LogP contribution in [-0.2, 0) is 9.59 Å². The van der Waals surface area contributed by atoms with Gasteiger partial charge in [0.1, 0.15) is 18.2 Å². The van der Waals surface area contributed by atoms with Gasteiger partial charge in [-0.3, -0.25) is 19.0 Å². The maximum Gasteiger partial charge on any atom is 0.238 e. The van der Waals surface area contributed by atoms with Crippen molar-refractivity contribution in [2.75, 3.05) is 0 Å². The van der Waals surface area contributed by atoms with Gasteiger partial charge in [-0.15, -0.1) is 0 Å². The highest BCUT2D eigenvalue weighted by Crippen LogP contribution is 2.69. The molecule has 3 fully saturated rings. The topological polar surface area (TPSA) is 92.8 Å². The van der Waals surface area contributed by atoms with E-state index >= 15 is 0 Å². The highest BCUT2D eigenvalue weighted by atomic mass is 16.2. The molecular formula is C34H47N3O3. The molecule has 4 aliphatic carbocycles. The summed E-state index contributed by atoms with van der Waals surface area (Å²) in [5, 5.41) is 9.80. The molecule has 0 spiro atoms. The van der Waals surface area contributed by atoms with Gasteiger partial charge in [0.05, 0.1) is 11.0 Å². The number of aromatic nitrogens is 2. The van der Waals surface area contributed by atoms with Gasteiger partial charge in [-0.1, -0.05) is 54.5 Å². The van der Waals surface area contributed by atoms with Crippen LogP contribution in [0.2, 0.25) is 0 Å². The van der Waals surface area contributed by atoms with Crippen molar-refractivity contribution in [3.8, 4) is 6.07 Å². The number of ketones is 2. The smallest absolute Gasteiger partial charge is 0.238 e. The lowest BCUT2D eigenvalue weighted by Crippen LogP contribution is -2.61. The number of imidazole rings is 1. The Kier molecular flexibility index (Phi) is 6.88. The SMILES string of the molecule is CC1CC(C)(C)CC[C@@]1(CC[C@]1(C)CC(=O)C[C@@H]2[C@@]3(C)C=C(C#N)C(=O)[C@@H](C)[C@@H]3CC[C@]21C)C(=O)n1ccnc1. The van der Waals surface area contributed by atoms with Crippen molar-refractivity contribution in [1.82, 2.24) is 9.55 Å². The van der Waals surface area contributed by atoms with Gasteiger partial charge in [-0.05, 0) is 84.4 Å². The fourth-order valence-corrected chi connectivity index (χ4v) is 10.1. The third-order valence-corrected chi connectivity index (χ3v) is 12.9. The van der Waals surface area contributed by atoms with Gasteiger partial charge < -0.3 is 0 Å². The minimum Gasteiger partial charge on any atom is -0.300 e. The molecule has 0 N–H and O–H groups in total. The molecule has 0 amide bonds. The Bertz CT molecular complexity index is 1290. The van der Waals surface area contributed by atoms with Crippen LogP contribution < -0.4 is 0 Å². The Morgan fingerprint density at radius 1 is 1.10 bits per heavy atom. The molecule has 216 valence electrons. The van der Waals surface area contributed by atoms with Crippen LogP contribution in [0.25, 0.3) is 0 Å². The Balaban J connectivity index is 1.52. The predicted octanol–water partition coefficient (Wildman–Crippen LogP) is 7.21. The second-order valence-electron chi connectivity index (χ2n) is 15.5. The van der Waals surface area contributed by atoms with E-state index in [0.29, 0.717) is 12.8 Å². The fourth-order valence-electron chi connectivity index (χ4n) is 10.1. The second-order valence-corrected chi connectivity index (χ2v) is 15.5. The van der Waals surface area contributed by atoms with Crippen molar-refractivity contribution >= 4 is 17.5 Å². The van der Waals surface area contributed by atoms with Crippen LogP contribution in [0.15, 0.2) is 30.4 Å². The van der Waals surface area contributed by atoms with E-state index in [4.69, 9.17) is 0 Å². The summed E-state index contributed by atoms with van der Waals surface area (Å²) in [7, 11) is 0. The van der Waals surface area contributed by atoms with Gasteiger partial charge in [0, 0.05) is 31.2 Å². The molecule has 0 aromatic carbocycles. The lowest BCUT2D eigenvalue weighted by molar-refractivity contribution is -0.168. The maximum absolute atomic E-state index is 14.2. The average molecular weight is 546 g/mol. The van der Waals surface area contributed by atoms with E-state index in [1.54, 1.807) is 23.3 Å². The molecule has 1 aromatic heterocycles. The van der Waals surface area contributed by atoms with Gasteiger partial charge in [0.2, 0.25) is 5.91 Å². The van der Waals surface area contributed by atoms with E-state index in [1.807, 2.05) is 13.0 Å². The summed E-state index contributed by atoms with van der Waals surface area (Å²) in [4.78, 5) is 44.8. The third kappa shape index (κ3) is 4.17. The van der Waals surface area contributed by atoms with Crippen molar-refractivity contribution in [3.05, 3.63) is 30.4 Å². The summed E-state index contributed by atoms with van der Waals surface area (Å²) in [6.07, 6.45) is 14.3. The number of hydrogen-bond acceptors (Lipinski definition) is 5. The molecule has 1 unspecified atom stereocenters.